The molecule has 0 saturated carbocycles. The van der Waals surface area contributed by atoms with E-state index in [9.17, 15) is 29.4 Å². The summed E-state index contributed by atoms with van der Waals surface area (Å²) >= 11 is 2.14. The lowest BCUT2D eigenvalue weighted by atomic mass is 10.1. The second-order valence-electron chi connectivity index (χ2n) is 7.01. The zero-order valence-electron chi connectivity index (χ0n) is 16.9. The molecule has 0 aliphatic carbocycles. The Kier molecular flexibility index (Phi) is 8.06. The van der Waals surface area contributed by atoms with Gasteiger partial charge in [0.2, 0.25) is 0 Å². The third-order valence-corrected chi connectivity index (χ3v) is 6.77. The number of cyclic esters (lactones) is 1. The van der Waals surface area contributed by atoms with Gasteiger partial charge in [-0.2, -0.15) is 0 Å². The number of aliphatic carboxylic acids is 1. The molecule has 0 spiro atoms. The predicted octanol–water partition coefficient (Wildman–Crippen LogP) is -2.21. The van der Waals surface area contributed by atoms with Crippen molar-refractivity contribution in [1.82, 2.24) is 15.2 Å². The number of aromatic nitrogens is 1. The van der Waals surface area contributed by atoms with Crippen LogP contribution in [0.25, 0.3) is 0 Å². The van der Waals surface area contributed by atoms with Crippen molar-refractivity contribution < 1.29 is 44.1 Å². The summed E-state index contributed by atoms with van der Waals surface area (Å²) in [6.07, 6.45) is -1.55. The molecule has 0 aromatic carbocycles. The number of aliphatic hydroxyl groups excluding tert-OH is 2. The molecule has 180 valence electrons. The fourth-order valence-corrected chi connectivity index (χ4v) is 4.82. The maximum atomic E-state index is 12.9. The summed E-state index contributed by atoms with van der Waals surface area (Å²) in [5, 5.41) is 34.6. The highest BCUT2D eigenvalue weighted by atomic mass is 32.2. The average Bonchev–Trinajstić information content (AvgIpc) is 3.23. The lowest BCUT2D eigenvalue weighted by Crippen LogP contribution is -2.70. The minimum absolute atomic E-state index is 0.0248. The summed E-state index contributed by atoms with van der Waals surface area (Å²) in [5.74, 6) is -4.24. The molecule has 4 atom stereocenters. The third-order valence-electron chi connectivity index (χ3n) is 4.64. The fraction of sp³-hybridized carbons (Fsp3) is 0.529. The molecule has 2 aliphatic heterocycles. The summed E-state index contributed by atoms with van der Waals surface area (Å²) < 4.78 is 4.97. The number of nitrogens with two attached hydrogens (primary N) is 1. The number of nitrogens with one attached hydrogen (secondary N) is 1. The number of carboxylic acid groups (broad SMARTS) is 1. The number of thiazole rings is 1. The van der Waals surface area contributed by atoms with Gasteiger partial charge >= 0.3 is 11.9 Å². The molecule has 3 rings (SSSR count). The van der Waals surface area contributed by atoms with Crippen LogP contribution < -0.4 is 11.1 Å². The number of carboxylic acids is 1. The van der Waals surface area contributed by atoms with Gasteiger partial charge in [0.1, 0.15) is 29.8 Å². The largest absolute Gasteiger partial charge is 0.481 e. The number of oxime groups is 1. The highest BCUT2D eigenvalue weighted by molar-refractivity contribution is 8.00. The van der Waals surface area contributed by atoms with Crippen LogP contribution in [0.2, 0.25) is 0 Å². The van der Waals surface area contributed by atoms with E-state index in [0.717, 1.165) is 23.1 Å². The van der Waals surface area contributed by atoms with E-state index in [4.69, 9.17) is 20.4 Å². The monoisotopic (exact) mass is 503 g/mol. The van der Waals surface area contributed by atoms with Gasteiger partial charge in [-0.25, -0.2) is 4.98 Å². The van der Waals surface area contributed by atoms with Gasteiger partial charge < -0.3 is 35.9 Å². The summed E-state index contributed by atoms with van der Waals surface area (Å²) in [4.78, 5) is 58.7. The van der Waals surface area contributed by atoms with E-state index in [1.54, 1.807) is 0 Å². The van der Waals surface area contributed by atoms with E-state index >= 15 is 0 Å². The number of β-lactam (4-membered cyclic amide) rings is 1. The molecule has 2 aliphatic rings. The molecule has 3 heterocycles. The molecular weight excluding hydrogens is 482 g/mol. The minimum atomic E-state index is -1.22. The van der Waals surface area contributed by atoms with Crippen molar-refractivity contribution in [2.75, 3.05) is 31.4 Å². The zero-order chi connectivity index (χ0) is 24.1. The molecule has 2 fully saturated rings. The van der Waals surface area contributed by atoms with Gasteiger partial charge in [0.05, 0.1) is 18.9 Å². The van der Waals surface area contributed by atoms with Crippen molar-refractivity contribution in [3.8, 4) is 0 Å². The maximum Gasteiger partial charge on any atom is 0.308 e. The first-order valence-corrected chi connectivity index (χ1v) is 11.5. The highest BCUT2D eigenvalue weighted by Crippen LogP contribution is 2.33. The number of amides is 2. The summed E-state index contributed by atoms with van der Waals surface area (Å²) in [5.41, 5.74) is 5.36. The Morgan fingerprint density at radius 1 is 1.45 bits per heavy atom. The van der Waals surface area contributed by atoms with Crippen LogP contribution in [0.5, 0.6) is 0 Å². The van der Waals surface area contributed by atoms with Crippen LogP contribution in [-0.2, 0) is 28.8 Å². The van der Waals surface area contributed by atoms with Crippen LogP contribution in [0, 0.1) is 5.92 Å². The Bertz CT molecular complexity index is 955. The molecule has 16 heteroatoms. The number of anilines is 1. The fourth-order valence-electron chi connectivity index (χ4n) is 2.87. The first-order valence-electron chi connectivity index (χ1n) is 9.52. The number of ether oxygens (including phenoxy) is 1. The van der Waals surface area contributed by atoms with Crippen molar-refractivity contribution in [1.29, 1.82) is 0 Å². The van der Waals surface area contributed by atoms with Crippen LogP contribution in [0.4, 0.5) is 5.13 Å². The molecule has 2 amide bonds. The second kappa shape index (κ2) is 10.8. The van der Waals surface area contributed by atoms with Crippen molar-refractivity contribution in [3.05, 3.63) is 11.1 Å². The molecule has 33 heavy (non-hydrogen) atoms. The van der Waals surface area contributed by atoms with Crippen molar-refractivity contribution in [3.63, 3.8) is 0 Å². The van der Waals surface area contributed by atoms with E-state index < -0.39 is 60.4 Å². The van der Waals surface area contributed by atoms with E-state index in [-0.39, 0.29) is 35.4 Å². The number of aliphatic hydroxyl groups is 2. The van der Waals surface area contributed by atoms with Crippen molar-refractivity contribution >= 4 is 57.7 Å². The number of carbonyl (C=O) groups is 4. The van der Waals surface area contributed by atoms with Crippen LogP contribution in [0.15, 0.2) is 10.5 Å². The highest BCUT2D eigenvalue weighted by Gasteiger charge is 2.50. The molecule has 6 N–H and O–H groups in total. The molecule has 1 aromatic rings. The van der Waals surface area contributed by atoms with Gasteiger partial charge in [-0.05, 0) is 0 Å². The number of hydrogen-bond acceptors (Lipinski definition) is 13. The third kappa shape index (κ3) is 5.89. The zero-order valence-corrected chi connectivity index (χ0v) is 18.6. The van der Waals surface area contributed by atoms with Gasteiger partial charge in [0.25, 0.3) is 11.8 Å². The Hall–Kier alpha value is -2.95. The number of nitrogens with zero attached hydrogens (tertiary/aromatic N) is 3. The average molecular weight is 504 g/mol. The topological polar surface area (TPSA) is 214 Å². The van der Waals surface area contributed by atoms with Crippen LogP contribution in [-0.4, -0.2) is 97.9 Å². The lowest BCUT2D eigenvalue weighted by molar-refractivity contribution is -0.165. The van der Waals surface area contributed by atoms with Crippen molar-refractivity contribution in [2.24, 2.45) is 11.1 Å². The van der Waals surface area contributed by atoms with Gasteiger partial charge in [-0.1, -0.05) is 5.16 Å². The number of thioether (sulfide) groups is 1. The number of carbonyl (C=O) groups excluding carboxylic acids is 3. The molecule has 14 nitrogen and oxygen atoms in total. The first kappa shape index (κ1) is 24.7. The summed E-state index contributed by atoms with van der Waals surface area (Å²) in [7, 11) is 0. The maximum absolute atomic E-state index is 12.9. The second-order valence-corrected chi connectivity index (χ2v) is 9.05. The molecule has 2 saturated heterocycles. The molecule has 0 bridgehead atoms. The quantitative estimate of drug-likeness (QED) is 0.110. The number of fused-ring (bicyclic) bond motifs is 1. The Balaban J connectivity index is 1.74. The van der Waals surface area contributed by atoms with Crippen molar-refractivity contribution in [2.45, 2.75) is 23.9 Å². The van der Waals surface area contributed by atoms with E-state index in [1.165, 1.54) is 10.3 Å². The summed E-state index contributed by atoms with van der Waals surface area (Å²) in [6.45, 7) is -1.34. The van der Waals surface area contributed by atoms with Gasteiger partial charge in [-0.3, -0.25) is 24.1 Å². The first-order chi connectivity index (χ1) is 15.7. The molecule has 0 radical (unpaired) electrons. The van der Waals surface area contributed by atoms with Crippen LogP contribution in [0.3, 0.4) is 0 Å². The Morgan fingerprint density at radius 3 is 2.85 bits per heavy atom. The predicted molar refractivity (Wildman–Crippen MR) is 114 cm³/mol. The molecular formula is C17H21N5O9S2. The van der Waals surface area contributed by atoms with E-state index in [1.807, 2.05) is 0 Å². The smallest absolute Gasteiger partial charge is 0.308 e. The van der Waals surface area contributed by atoms with Gasteiger partial charge in [0.15, 0.2) is 17.6 Å². The number of rotatable bonds is 8. The summed E-state index contributed by atoms with van der Waals surface area (Å²) in [6, 6.07) is -1.04. The molecule has 0 unspecified atom stereocenters. The number of hydrogen-bond donors (Lipinski definition) is 5. The standard InChI is InChI=1S/C17H21N5O9S2/c18-17-19-9(5-33-17)11(21-31-3-8(24)2-23)13(26)20-12-14(27)22-6-30-10(25)1-7(16(28)29)4-32-15(12)22/h5,7-8,12,15,23-24H,1-4,6H2,(H2,18,19)(H,20,26)(H,28,29)/b21-11-/t7-,8+,12+,15+/m0/s1. The van der Waals surface area contributed by atoms with E-state index in [2.05, 4.69) is 15.5 Å². The molecule has 1 aromatic heterocycles. The Labute approximate surface area is 194 Å². The van der Waals surface area contributed by atoms with Crippen LogP contribution >= 0.6 is 23.1 Å². The number of nitrogen functional groups attached to an aromatic ring is 1. The minimum Gasteiger partial charge on any atom is -0.481 e. The van der Waals surface area contributed by atoms with E-state index in [0.29, 0.717) is 0 Å². The number of esters is 1. The Morgan fingerprint density at radius 2 is 2.21 bits per heavy atom. The van der Waals surface area contributed by atoms with Crippen LogP contribution in [0.1, 0.15) is 12.1 Å². The normalized spacial score (nSPS) is 24.4. The lowest BCUT2D eigenvalue weighted by Gasteiger charge is -2.45. The van der Waals surface area contributed by atoms with Gasteiger partial charge in [-0.15, -0.1) is 23.1 Å². The van der Waals surface area contributed by atoms with Gasteiger partial charge in [0, 0.05) is 11.1 Å². The SMILES string of the molecule is Nc1nc(/C(=N/OC[C@H](O)CO)C(=O)N[C@@H]2C(=O)N3COC(=O)C[C@H](C(=O)O)CS[C@H]23)cs1.